The molecule has 19 heteroatoms. The second kappa shape index (κ2) is 19.2. The van der Waals surface area contributed by atoms with Crippen molar-refractivity contribution in [2.75, 3.05) is 25.3 Å². The van der Waals surface area contributed by atoms with Crippen LogP contribution >= 0.6 is 11.6 Å². The summed E-state index contributed by atoms with van der Waals surface area (Å²) in [7, 11) is 2.54. The number of nitrogens with one attached hydrogen (secondary N) is 1. The number of nitrogens with zero attached hydrogens (tertiary/aromatic N) is 4. The molecule has 6 aromatic rings. The number of ether oxygens (including phenoxy) is 4. The smallest absolute Gasteiger partial charge is 0.435 e. The van der Waals surface area contributed by atoms with Gasteiger partial charge in [-0.2, -0.15) is 9.36 Å². The third-order valence-corrected chi connectivity index (χ3v) is 7.99. The van der Waals surface area contributed by atoms with Gasteiger partial charge in [0.15, 0.2) is 11.6 Å². The zero-order valence-electron chi connectivity index (χ0n) is 34.2. The fraction of sp³-hybridized carbons (Fsp3) is 0.238. The highest BCUT2D eigenvalue weighted by Gasteiger charge is 2.25. The Balaban J connectivity index is 0.000000228. The van der Waals surface area contributed by atoms with Crippen molar-refractivity contribution in [3.63, 3.8) is 0 Å². The number of nitrogen functional groups attached to an aromatic ring is 1. The molecule has 0 spiro atoms. The van der Waals surface area contributed by atoms with Crippen molar-refractivity contribution in [2.45, 2.75) is 52.7 Å². The van der Waals surface area contributed by atoms with Crippen molar-refractivity contribution in [3.8, 4) is 0 Å². The van der Waals surface area contributed by atoms with Crippen LogP contribution in [0.25, 0.3) is 21.8 Å². The number of amides is 1. The molecule has 0 atom stereocenters. The Morgan fingerprint density at radius 1 is 0.607 bits per heavy atom. The number of hydrogen-bond donors (Lipinski definition) is 2. The minimum Gasteiger partial charge on any atom is -0.465 e. The molecule has 0 aliphatic rings. The predicted octanol–water partition coefficient (Wildman–Crippen LogP) is 8.39. The summed E-state index contributed by atoms with van der Waals surface area (Å²) >= 11 is 5.09. The number of nitrogens with two attached hydrogens (primary N) is 1. The average molecular weight is 863 g/mol. The summed E-state index contributed by atoms with van der Waals surface area (Å²) in [6.45, 7) is 10.4. The highest BCUT2D eigenvalue weighted by Crippen LogP contribution is 2.27. The first kappa shape index (κ1) is 46.5. The quantitative estimate of drug-likeness (QED) is 0.0948. The first-order chi connectivity index (χ1) is 28.5. The van der Waals surface area contributed by atoms with Crippen molar-refractivity contribution in [3.05, 3.63) is 119 Å². The molecule has 0 radical (unpaired) electrons. The van der Waals surface area contributed by atoms with E-state index in [1.165, 1.54) is 80.9 Å². The molecule has 1 amide bonds. The van der Waals surface area contributed by atoms with Crippen LogP contribution < -0.4 is 11.1 Å². The van der Waals surface area contributed by atoms with Crippen molar-refractivity contribution in [1.29, 1.82) is 0 Å². The number of rotatable bonds is 5. The largest absolute Gasteiger partial charge is 0.465 e. The molecule has 4 aromatic carbocycles. The van der Waals surface area contributed by atoms with E-state index in [1.807, 2.05) is 0 Å². The number of hydrogen-bond acceptors (Lipinski definition) is 13. The molecule has 61 heavy (non-hydrogen) atoms. The Morgan fingerprint density at radius 3 is 1.43 bits per heavy atom. The molecular formula is C42H41ClF2N6O10. The van der Waals surface area contributed by atoms with Crippen LogP contribution in [0, 0.1) is 11.6 Å². The zero-order valence-corrected chi connectivity index (χ0v) is 34.9. The molecule has 320 valence electrons. The van der Waals surface area contributed by atoms with Crippen LogP contribution in [-0.4, -0.2) is 80.3 Å². The summed E-state index contributed by atoms with van der Waals surface area (Å²) in [5, 5.41) is 11.0. The number of esters is 2. The molecule has 0 fully saturated rings. The molecular weight excluding hydrogens is 822 g/mol. The number of aromatic nitrogens is 4. The number of anilines is 2. The number of carbonyl (C=O) groups excluding carboxylic acids is 6. The van der Waals surface area contributed by atoms with Gasteiger partial charge in [0.25, 0.3) is 11.1 Å². The summed E-state index contributed by atoms with van der Waals surface area (Å²) in [5.41, 5.74) is 6.23. The van der Waals surface area contributed by atoms with E-state index >= 15 is 0 Å². The van der Waals surface area contributed by atoms with Gasteiger partial charge in [0.05, 0.1) is 36.4 Å². The van der Waals surface area contributed by atoms with Gasteiger partial charge in [-0.1, -0.05) is 0 Å². The maximum Gasteiger partial charge on any atom is 0.435 e. The van der Waals surface area contributed by atoms with Gasteiger partial charge < -0.3 is 30.0 Å². The predicted molar refractivity (Wildman–Crippen MR) is 221 cm³/mol. The molecule has 2 heterocycles. The second-order valence-electron chi connectivity index (χ2n) is 14.7. The zero-order chi connectivity index (χ0) is 45.4. The van der Waals surface area contributed by atoms with Crippen LogP contribution in [0.15, 0.2) is 84.9 Å². The average Bonchev–Trinajstić information content (AvgIpc) is 3.73. The van der Waals surface area contributed by atoms with E-state index < -0.39 is 52.3 Å². The lowest BCUT2D eigenvalue weighted by molar-refractivity contribution is 0.0512. The topological polar surface area (TPSA) is 213 Å². The fourth-order valence-corrected chi connectivity index (χ4v) is 5.22. The summed E-state index contributed by atoms with van der Waals surface area (Å²) < 4.78 is 47.4. The number of halogens is 3. The highest BCUT2D eigenvalue weighted by atomic mass is 35.5. The number of carbonyl (C=O) groups is 6. The molecule has 6 rings (SSSR count). The van der Waals surface area contributed by atoms with E-state index in [0.717, 1.165) is 21.5 Å². The molecule has 0 saturated heterocycles. The molecule has 0 unspecified atom stereocenters. The molecule has 2 aromatic heterocycles. The van der Waals surface area contributed by atoms with Crippen LogP contribution in [0.1, 0.15) is 83.0 Å². The van der Waals surface area contributed by atoms with E-state index in [0.29, 0.717) is 32.9 Å². The van der Waals surface area contributed by atoms with Gasteiger partial charge >= 0.3 is 24.1 Å². The highest BCUT2D eigenvalue weighted by molar-refractivity contribution is 6.67. The summed E-state index contributed by atoms with van der Waals surface area (Å²) in [5.74, 6) is -2.30. The lowest BCUT2D eigenvalue weighted by atomic mass is 10.1. The lowest BCUT2D eigenvalue weighted by Gasteiger charge is -2.19. The minimum atomic E-state index is -0.765. The van der Waals surface area contributed by atoms with E-state index in [9.17, 15) is 37.5 Å². The van der Waals surface area contributed by atoms with Crippen molar-refractivity contribution in [2.24, 2.45) is 0 Å². The molecule has 0 saturated carbocycles. The Bertz CT molecular complexity index is 2610. The van der Waals surface area contributed by atoms with Crippen LogP contribution in [-0.2, 0) is 18.9 Å². The van der Waals surface area contributed by atoms with Crippen molar-refractivity contribution >= 4 is 80.3 Å². The van der Waals surface area contributed by atoms with E-state index in [2.05, 4.69) is 20.3 Å². The maximum absolute atomic E-state index is 13.1. The molecule has 0 aliphatic carbocycles. The van der Waals surface area contributed by atoms with Gasteiger partial charge in [0.2, 0.25) is 0 Å². The van der Waals surface area contributed by atoms with Gasteiger partial charge in [0.1, 0.15) is 22.8 Å². The number of fused-ring (bicyclic) bond motifs is 2. The van der Waals surface area contributed by atoms with Crippen molar-refractivity contribution in [1.82, 2.24) is 19.6 Å². The molecule has 0 aliphatic heterocycles. The molecule has 0 bridgehead atoms. The van der Waals surface area contributed by atoms with Crippen LogP contribution in [0.5, 0.6) is 0 Å². The van der Waals surface area contributed by atoms with Crippen LogP contribution in [0.3, 0.4) is 0 Å². The van der Waals surface area contributed by atoms with Gasteiger partial charge in [-0.25, -0.2) is 28.0 Å². The van der Waals surface area contributed by atoms with E-state index in [4.69, 9.17) is 31.5 Å². The molecule has 3 N–H and O–H groups in total. The lowest BCUT2D eigenvalue weighted by Crippen LogP contribution is -2.27. The third-order valence-electron chi connectivity index (χ3n) is 7.77. The summed E-state index contributed by atoms with van der Waals surface area (Å²) in [6, 6.07) is 19.1. The standard InChI is InChI=1S/C21H20FN3O5.C14H17N3O4.C7H4ClFO/c1-21(2,3)30-20(28)25-16-10-7-13(19(27)29-4)11-15(16)17(24-25)23-18(26)12-5-8-14(22)9-6-12;1-14(2,3)21-13(19)17-10-6-5-8(12(18)20-4)7-9(10)11(15)16-17;8-7(10)5-1-3-6(9)4-2-5/h5-11H,1-4H3,(H,23,24,26);5-7H,1-4H3,(H2,15,16);1-4H. The first-order valence-corrected chi connectivity index (χ1v) is 18.4. The van der Waals surface area contributed by atoms with Gasteiger partial charge in [0, 0.05) is 21.9 Å². The van der Waals surface area contributed by atoms with Crippen LogP contribution in [0.4, 0.5) is 30.0 Å². The minimum absolute atomic E-state index is 0.0379. The molecule has 16 nitrogen and oxygen atoms in total. The monoisotopic (exact) mass is 862 g/mol. The third kappa shape index (κ3) is 12.4. The number of methoxy groups -OCH3 is 2. The van der Waals surface area contributed by atoms with Gasteiger partial charge in [-0.05, 0) is 138 Å². The summed E-state index contributed by atoms with van der Waals surface area (Å²) in [6.07, 6.45) is -1.38. The van der Waals surface area contributed by atoms with Crippen LogP contribution in [0.2, 0.25) is 0 Å². The maximum atomic E-state index is 13.1. The Morgan fingerprint density at radius 2 is 1.00 bits per heavy atom. The van der Waals surface area contributed by atoms with E-state index in [1.54, 1.807) is 47.6 Å². The SMILES string of the molecule is COC(=O)c1ccc2c(c1)c(N)nn2C(=O)OC(C)(C)C.COC(=O)c1ccc2c(c1)c(NC(=O)c1ccc(F)cc1)nn2C(=O)OC(C)(C)C.O=C(Cl)c1ccc(F)cc1. The summed E-state index contributed by atoms with van der Waals surface area (Å²) in [4.78, 5) is 71.1. The second-order valence-corrected chi connectivity index (χ2v) is 15.1. The fourth-order valence-electron chi connectivity index (χ4n) is 5.09. The van der Waals surface area contributed by atoms with Gasteiger partial charge in [-0.3, -0.25) is 9.59 Å². The Labute approximate surface area is 352 Å². The Kier molecular flexibility index (Phi) is 14.7. The van der Waals surface area contributed by atoms with Gasteiger partial charge in [-0.15, -0.1) is 10.2 Å². The Hall–Kier alpha value is -7.21. The normalized spacial score (nSPS) is 11.0. The van der Waals surface area contributed by atoms with Crippen molar-refractivity contribution < 1.29 is 56.5 Å². The van der Waals surface area contributed by atoms with E-state index in [-0.39, 0.29) is 28.6 Å². The first-order valence-electron chi connectivity index (χ1n) is 18.0. The number of benzene rings is 4.